The van der Waals surface area contributed by atoms with Crippen molar-refractivity contribution in [2.45, 2.75) is 122 Å². The molecule has 0 heterocycles. The Hall–Kier alpha value is -1.59. The van der Waals surface area contributed by atoms with E-state index < -0.39 is 5.97 Å². The fourth-order valence-corrected chi connectivity index (χ4v) is 3.59. The summed E-state index contributed by atoms with van der Waals surface area (Å²) in [5, 5.41) is 13.7. The molecule has 176 valence electrons. The third-order valence-corrected chi connectivity index (χ3v) is 5.37. The third-order valence-electron chi connectivity index (χ3n) is 5.37. The minimum absolute atomic E-state index is 0.158. The Kier molecular flexibility index (Phi) is 20.9. The summed E-state index contributed by atoms with van der Waals surface area (Å²) in [6.45, 7) is 2.42. The van der Waals surface area contributed by atoms with Crippen LogP contribution in [0.5, 0.6) is 0 Å². The summed E-state index contributed by atoms with van der Waals surface area (Å²) in [7, 11) is 0. The Morgan fingerprint density at radius 3 is 1.13 bits per heavy atom. The molecule has 0 unspecified atom stereocenters. The van der Waals surface area contributed by atoms with Gasteiger partial charge >= 0.3 is 5.97 Å². The van der Waals surface area contributed by atoms with Crippen LogP contribution < -0.4 is 10.6 Å². The van der Waals surface area contributed by atoms with E-state index >= 15 is 0 Å². The van der Waals surface area contributed by atoms with Gasteiger partial charge in [0.2, 0.25) is 11.8 Å². The van der Waals surface area contributed by atoms with Crippen molar-refractivity contribution in [1.82, 2.24) is 10.6 Å². The van der Waals surface area contributed by atoms with Crippen molar-refractivity contribution in [2.75, 3.05) is 13.1 Å². The first-order valence-electron chi connectivity index (χ1n) is 12.3. The van der Waals surface area contributed by atoms with Crippen molar-refractivity contribution >= 4 is 17.8 Å². The van der Waals surface area contributed by atoms with Crippen LogP contribution in [-0.4, -0.2) is 36.0 Å². The predicted octanol–water partition coefficient (Wildman–Crippen LogP) is 5.35. The second-order valence-electron chi connectivity index (χ2n) is 8.28. The first kappa shape index (κ1) is 28.4. The molecular formula is C24H46N2O4. The zero-order valence-electron chi connectivity index (χ0n) is 19.3. The highest BCUT2D eigenvalue weighted by Crippen LogP contribution is 2.14. The van der Waals surface area contributed by atoms with Crippen LogP contribution in [-0.2, 0) is 14.4 Å². The van der Waals surface area contributed by atoms with E-state index in [4.69, 9.17) is 5.11 Å². The monoisotopic (exact) mass is 426 g/mol. The molecule has 0 aliphatic carbocycles. The van der Waals surface area contributed by atoms with Gasteiger partial charge in [0.15, 0.2) is 0 Å². The molecule has 6 nitrogen and oxygen atoms in total. The Labute approximate surface area is 184 Å². The molecule has 0 aromatic rings. The number of carboxylic acids is 1. The zero-order chi connectivity index (χ0) is 22.3. The average Bonchev–Trinajstić information content (AvgIpc) is 2.71. The molecule has 0 aliphatic rings. The lowest BCUT2D eigenvalue weighted by Gasteiger charge is -2.04. The van der Waals surface area contributed by atoms with Gasteiger partial charge in [-0.1, -0.05) is 89.9 Å². The summed E-state index contributed by atoms with van der Waals surface area (Å²) in [4.78, 5) is 33.0. The van der Waals surface area contributed by atoms with E-state index in [1.165, 1.54) is 77.0 Å². The van der Waals surface area contributed by atoms with Crippen molar-refractivity contribution < 1.29 is 19.5 Å². The number of hydrogen-bond acceptors (Lipinski definition) is 3. The average molecular weight is 427 g/mol. The van der Waals surface area contributed by atoms with Crippen LogP contribution in [0.25, 0.3) is 0 Å². The number of amides is 2. The van der Waals surface area contributed by atoms with E-state index in [0.717, 1.165) is 32.2 Å². The fourth-order valence-electron chi connectivity index (χ4n) is 3.59. The maximum absolute atomic E-state index is 11.4. The number of rotatable bonds is 22. The van der Waals surface area contributed by atoms with Crippen LogP contribution in [0.2, 0.25) is 0 Å². The number of unbranched alkanes of at least 4 members (excludes halogenated alkanes) is 15. The maximum atomic E-state index is 11.4. The van der Waals surface area contributed by atoms with Crippen LogP contribution >= 0.6 is 0 Å². The lowest BCUT2D eigenvalue weighted by Crippen LogP contribution is -2.28. The molecule has 0 aromatic carbocycles. The van der Waals surface area contributed by atoms with E-state index in [1.54, 1.807) is 0 Å². The molecule has 0 atom stereocenters. The Morgan fingerprint density at radius 2 is 0.833 bits per heavy atom. The van der Waals surface area contributed by atoms with E-state index in [9.17, 15) is 14.4 Å². The normalized spacial score (nSPS) is 10.7. The van der Waals surface area contributed by atoms with Crippen molar-refractivity contribution in [3.05, 3.63) is 0 Å². The molecule has 0 saturated heterocycles. The zero-order valence-corrected chi connectivity index (χ0v) is 19.3. The van der Waals surface area contributed by atoms with Gasteiger partial charge in [-0.2, -0.15) is 0 Å². The number of carbonyl (C=O) groups is 3. The quantitative estimate of drug-likeness (QED) is 0.203. The Morgan fingerprint density at radius 1 is 0.533 bits per heavy atom. The first-order chi connectivity index (χ1) is 14.6. The van der Waals surface area contributed by atoms with E-state index in [0.29, 0.717) is 12.8 Å². The third kappa shape index (κ3) is 22.7. The Bertz CT molecular complexity index is 441. The van der Waals surface area contributed by atoms with Gasteiger partial charge in [0.05, 0.1) is 0 Å². The van der Waals surface area contributed by atoms with Gasteiger partial charge in [-0.3, -0.25) is 14.4 Å². The number of aliphatic carboxylic acids is 1. The summed E-state index contributed by atoms with van der Waals surface area (Å²) in [6, 6.07) is 0. The highest BCUT2D eigenvalue weighted by molar-refractivity contribution is 5.80. The van der Waals surface area contributed by atoms with Crippen molar-refractivity contribution in [3.63, 3.8) is 0 Å². The summed E-state index contributed by atoms with van der Waals surface area (Å²) in [5.74, 6) is -0.963. The van der Waals surface area contributed by atoms with Gasteiger partial charge in [-0.25, -0.2) is 0 Å². The smallest absolute Gasteiger partial charge is 0.322 e. The predicted molar refractivity (Wildman–Crippen MR) is 122 cm³/mol. The van der Waals surface area contributed by atoms with Gasteiger partial charge < -0.3 is 15.7 Å². The van der Waals surface area contributed by atoms with Crippen molar-refractivity contribution in [1.29, 1.82) is 0 Å². The van der Waals surface area contributed by atoms with Gasteiger partial charge in [-0.05, 0) is 19.8 Å². The molecule has 0 bridgehead atoms. The molecule has 2 amide bonds. The minimum atomic E-state index is -0.996. The SMILES string of the molecule is CCNC(=O)CCCCCCCCCCCCCCCCCCC(=O)NCC(=O)O. The lowest BCUT2D eigenvalue weighted by atomic mass is 10.0. The molecule has 6 heteroatoms. The minimum Gasteiger partial charge on any atom is -0.480 e. The fraction of sp³-hybridized carbons (Fsp3) is 0.875. The number of carbonyl (C=O) groups excluding carboxylic acids is 2. The molecule has 0 saturated carbocycles. The highest BCUT2D eigenvalue weighted by Gasteiger charge is 2.03. The first-order valence-corrected chi connectivity index (χ1v) is 12.3. The number of nitrogens with one attached hydrogen (secondary N) is 2. The van der Waals surface area contributed by atoms with Gasteiger partial charge in [0.1, 0.15) is 6.54 Å². The summed E-state index contributed by atoms with van der Waals surface area (Å²) in [6.07, 6.45) is 20.8. The van der Waals surface area contributed by atoms with Gasteiger partial charge in [0.25, 0.3) is 0 Å². The Balaban J connectivity index is 3.14. The van der Waals surface area contributed by atoms with Crippen molar-refractivity contribution in [2.24, 2.45) is 0 Å². The molecule has 30 heavy (non-hydrogen) atoms. The number of carboxylic acid groups (broad SMARTS) is 1. The second-order valence-corrected chi connectivity index (χ2v) is 8.28. The lowest BCUT2D eigenvalue weighted by molar-refractivity contribution is -0.138. The van der Waals surface area contributed by atoms with Crippen LogP contribution in [0, 0.1) is 0 Å². The van der Waals surface area contributed by atoms with Crippen LogP contribution in [0.15, 0.2) is 0 Å². The van der Waals surface area contributed by atoms with E-state index in [-0.39, 0.29) is 18.4 Å². The van der Waals surface area contributed by atoms with E-state index in [2.05, 4.69) is 10.6 Å². The molecule has 0 spiro atoms. The molecule has 3 N–H and O–H groups in total. The summed E-state index contributed by atoms with van der Waals surface area (Å²) in [5.41, 5.74) is 0. The molecule has 0 aliphatic heterocycles. The topological polar surface area (TPSA) is 95.5 Å². The van der Waals surface area contributed by atoms with Crippen molar-refractivity contribution in [3.8, 4) is 0 Å². The highest BCUT2D eigenvalue weighted by atomic mass is 16.4. The summed E-state index contributed by atoms with van der Waals surface area (Å²) >= 11 is 0. The van der Waals surface area contributed by atoms with Crippen LogP contribution in [0.1, 0.15) is 122 Å². The standard InChI is InChI=1S/C24H46N2O4/c1-2-25-22(27)19-17-15-13-11-9-7-5-3-4-6-8-10-12-14-16-18-20-23(28)26-21-24(29)30/h2-21H2,1H3,(H,25,27)(H,26,28)(H,29,30). The van der Waals surface area contributed by atoms with Crippen LogP contribution in [0.3, 0.4) is 0 Å². The second kappa shape index (κ2) is 22.1. The molecular weight excluding hydrogens is 380 g/mol. The van der Waals surface area contributed by atoms with E-state index in [1.807, 2.05) is 6.92 Å². The largest absolute Gasteiger partial charge is 0.480 e. The molecule has 0 fully saturated rings. The molecule has 0 rings (SSSR count). The van der Waals surface area contributed by atoms with Crippen LogP contribution in [0.4, 0.5) is 0 Å². The molecule has 0 aromatic heterocycles. The van der Waals surface area contributed by atoms with Gasteiger partial charge in [0, 0.05) is 19.4 Å². The summed E-state index contributed by atoms with van der Waals surface area (Å²) < 4.78 is 0. The maximum Gasteiger partial charge on any atom is 0.322 e. The number of hydrogen-bond donors (Lipinski definition) is 3. The van der Waals surface area contributed by atoms with Gasteiger partial charge in [-0.15, -0.1) is 0 Å². The molecule has 0 radical (unpaired) electrons.